The molecule has 0 radical (unpaired) electrons. The second-order valence-electron chi connectivity index (χ2n) is 7.34. The van der Waals surface area contributed by atoms with Crippen molar-refractivity contribution in [2.24, 2.45) is 4.99 Å². The molecule has 4 heterocycles. The predicted molar refractivity (Wildman–Crippen MR) is 117 cm³/mol. The molecule has 2 aliphatic heterocycles. The van der Waals surface area contributed by atoms with Crippen molar-refractivity contribution < 1.29 is 14.3 Å². The van der Waals surface area contributed by atoms with Gasteiger partial charge in [-0.05, 0) is 42.5 Å². The van der Waals surface area contributed by atoms with Crippen molar-refractivity contribution in [1.29, 1.82) is 0 Å². The first kappa shape index (κ1) is 19.2. The Labute approximate surface area is 182 Å². The molecule has 152 valence electrons. The molecule has 1 aromatic carbocycles. The zero-order valence-corrected chi connectivity index (χ0v) is 17.6. The SMILES string of the molecule is C[C@@H]1CN2C(=N[C@H](c3ccccn3)[C@@H]2c2ccc(-c3cc(C(=O)O)ccc3Cl)o2)S1. The Hall–Kier alpha value is -2.77. The van der Waals surface area contributed by atoms with Crippen molar-refractivity contribution in [2.75, 3.05) is 6.54 Å². The molecule has 6 nitrogen and oxygen atoms in total. The normalized spacial score (nSPS) is 22.8. The molecular formula is C22H18ClN3O3S. The number of hydrogen-bond donors (Lipinski definition) is 1. The molecule has 1 fully saturated rings. The van der Waals surface area contributed by atoms with E-state index >= 15 is 0 Å². The Bertz CT molecular complexity index is 1150. The summed E-state index contributed by atoms with van der Waals surface area (Å²) in [5, 5.41) is 11.2. The van der Waals surface area contributed by atoms with Gasteiger partial charge in [0.1, 0.15) is 23.6 Å². The number of halogens is 1. The third-order valence-electron chi connectivity index (χ3n) is 5.28. The van der Waals surface area contributed by atoms with Crippen LogP contribution in [-0.4, -0.2) is 37.9 Å². The van der Waals surface area contributed by atoms with Gasteiger partial charge < -0.3 is 14.4 Å². The lowest BCUT2D eigenvalue weighted by Gasteiger charge is -2.25. The topological polar surface area (TPSA) is 78.9 Å². The van der Waals surface area contributed by atoms with Gasteiger partial charge in [-0.15, -0.1) is 0 Å². The van der Waals surface area contributed by atoms with Crippen LogP contribution in [0, 0.1) is 0 Å². The summed E-state index contributed by atoms with van der Waals surface area (Å²) in [7, 11) is 0. The van der Waals surface area contributed by atoms with E-state index < -0.39 is 5.97 Å². The molecule has 3 aromatic rings. The number of aliphatic imine (C=N–C) groups is 1. The Balaban J connectivity index is 1.55. The molecule has 3 atom stereocenters. The number of carboxylic acids is 1. The van der Waals surface area contributed by atoms with Gasteiger partial charge in [0.25, 0.3) is 0 Å². The number of rotatable bonds is 4. The molecule has 2 aromatic heterocycles. The highest BCUT2D eigenvalue weighted by molar-refractivity contribution is 8.14. The van der Waals surface area contributed by atoms with Crippen LogP contribution in [0.4, 0.5) is 0 Å². The number of fused-ring (bicyclic) bond motifs is 1. The van der Waals surface area contributed by atoms with Gasteiger partial charge in [0, 0.05) is 23.6 Å². The maximum Gasteiger partial charge on any atom is 0.335 e. The molecule has 8 heteroatoms. The maximum atomic E-state index is 11.4. The number of hydrogen-bond acceptors (Lipinski definition) is 6. The first-order valence-electron chi connectivity index (χ1n) is 9.56. The van der Waals surface area contributed by atoms with E-state index in [0.29, 0.717) is 21.6 Å². The van der Waals surface area contributed by atoms with Crippen LogP contribution in [-0.2, 0) is 0 Å². The lowest BCUT2D eigenvalue weighted by Crippen LogP contribution is -2.28. The Morgan fingerprint density at radius 1 is 1.27 bits per heavy atom. The predicted octanol–water partition coefficient (Wildman–Crippen LogP) is 5.28. The molecule has 0 saturated carbocycles. The summed E-state index contributed by atoms with van der Waals surface area (Å²) >= 11 is 8.10. The number of carbonyl (C=O) groups is 1. The number of carboxylic acid groups (broad SMARTS) is 1. The minimum atomic E-state index is -1.01. The number of thioether (sulfide) groups is 1. The fourth-order valence-electron chi connectivity index (χ4n) is 3.93. The maximum absolute atomic E-state index is 11.4. The van der Waals surface area contributed by atoms with Gasteiger partial charge in [0.05, 0.1) is 16.3 Å². The van der Waals surface area contributed by atoms with E-state index in [-0.39, 0.29) is 17.6 Å². The standard InChI is InChI=1S/C22H18ClN3O3S/c1-12-11-26-20(19(25-22(26)30-12)16-4-2-3-9-24-16)18-8-7-17(29-18)14-10-13(21(27)28)5-6-15(14)23/h2-10,12,19-20H,11H2,1H3,(H,27,28)/t12-,19-,20+/m1/s1. The average molecular weight is 440 g/mol. The molecule has 0 unspecified atom stereocenters. The first-order chi connectivity index (χ1) is 14.5. The molecule has 0 spiro atoms. The minimum absolute atomic E-state index is 0.109. The zero-order valence-electron chi connectivity index (χ0n) is 16.0. The van der Waals surface area contributed by atoms with Gasteiger partial charge in [0.15, 0.2) is 5.17 Å². The van der Waals surface area contributed by atoms with Crippen LogP contribution in [0.2, 0.25) is 5.02 Å². The summed E-state index contributed by atoms with van der Waals surface area (Å²) in [6.07, 6.45) is 1.77. The van der Waals surface area contributed by atoms with Gasteiger partial charge in [-0.1, -0.05) is 36.4 Å². The fourth-order valence-corrected chi connectivity index (χ4v) is 5.23. The smallest absolute Gasteiger partial charge is 0.335 e. The molecular weight excluding hydrogens is 422 g/mol. The van der Waals surface area contributed by atoms with Crippen molar-refractivity contribution in [3.05, 3.63) is 76.8 Å². The summed E-state index contributed by atoms with van der Waals surface area (Å²) in [6.45, 7) is 3.06. The van der Waals surface area contributed by atoms with Gasteiger partial charge in [-0.25, -0.2) is 9.79 Å². The van der Waals surface area contributed by atoms with Crippen LogP contribution in [0.15, 0.2) is 64.1 Å². The molecule has 0 amide bonds. The van der Waals surface area contributed by atoms with Crippen molar-refractivity contribution in [3.63, 3.8) is 0 Å². The van der Waals surface area contributed by atoms with E-state index in [1.165, 1.54) is 12.1 Å². The van der Waals surface area contributed by atoms with Gasteiger partial charge in [-0.3, -0.25) is 4.98 Å². The molecule has 30 heavy (non-hydrogen) atoms. The van der Waals surface area contributed by atoms with Crippen molar-refractivity contribution >= 4 is 34.5 Å². The quantitative estimate of drug-likeness (QED) is 0.595. The number of nitrogens with zero attached hydrogens (tertiary/aromatic N) is 3. The van der Waals surface area contributed by atoms with Crippen LogP contribution >= 0.6 is 23.4 Å². The number of furan rings is 1. The highest BCUT2D eigenvalue weighted by atomic mass is 35.5. The van der Waals surface area contributed by atoms with Crippen molar-refractivity contribution in [2.45, 2.75) is 24.3 Å². The molecule has 2 aliphatic rings. The lowest BCUT2D eigenvalue weighted by molar-refractivity contribution is 0.0697. The second kappa shape index (κ2) is 7.49. The van der Waals surface area contributed by atoms with Gasteiger partial charge >= 0.3 is 5.97 Å². The summed E-state index contributed by atoms with van der Waals surface area (Å²) in [5.74, 6) is 0.281. The van der Waals surface area contributed by atoms with E-state index in [4.69, 9.17) is 21.0 Å². The van der Waals surface area contributed by atoms with Gasteiger partial charge in [-0.2, -0.15) is 0 Å². The van der Waals surface area contributed by atoms with E-state index in [0.717, 1.165) is 23.2 Å². The molecule has 5 rings (SSSR count). The molecule has 0 bridgehead atoms. The summed E-state index contributed by atoms with van der Waals surface area (Å²) in [5.41, 5.74) is 1.61. The van der Waals surface area contributed by atoms with E-state index in [1.807, 2.05) is 30.3 Å². The monoisotopic (exact) mass is 439 g/mol. The van der Waals surface area contributed by atoms with E-state index in [9.17, 15) is 9.90 Å². The molecule has 1 N–H and O–H groups in total. The Morgan fingerprint density at radius 2 is 2.13 bits per heavy atom. The summed E-state index contributed by atoms with van der Waals surface area (Å²) in [4.78, 5) is 23.1. The van der Waals surface area contributed by atoms with Crippen LogP contribution in [0.1, 0.15) is 40.8 Å². The number of pyridine rings is 1. The third-order valence-corrected chi connectivity index (χ3v) is 6.71. The minimum Gasteiger partial charge on any atom is -0.478 e. The fraction of sp³-hybridized carbons (Fsp3) is 0.227. The van der Waals surface area contributed by atoms with Crippen LogP contribution in [0.5, 0.6) is 0 Å². The largest absolute Gasteiger partial charge is 0.478 e. The first-order valence-corrected chi connectivity index (χ1v) is 10.8. The number of aromatic nitrogens is 1. The average Bonchev–Trinajstić information content (AvgIpc) is 3.43. The van der Waals surface area contributed by atoms with Crippen LogP contribution < -0.4 is 0 Å². The summed E-state index contributed by atoms with van der Waals surface area (Å²) < 4.78 is 6.23. The van der Waals surface area contributed by atoms with E-state index in [2.05, 4.69) is 16.8 Å². The lowest BCUT2D eigenvalue weighted by atomic mass is 10.0. The van der Waals surface area contributed by atoms with Crippen LogP contribution in [0.3, 0.4) is 0 Å². The third kappa shape index (κ3) is 3.28. The Morgan fingerprint density at radius 3 is 2.90 bits per heavy atom. The highest BCUT2D eigenvalue weighted by Crippen LogP contribution is 2.48. The second-order valence-corrected chi connectivity index (χ2v) is 9.15. The summed E-state index contributed by atoms with van der Waals surface area (Å²) in [6, 6.07) is 13.9. The number of aromatic carboxylic acids is 1. The molecule has 0 aliphatic carbocycles. The van der Waals surface area contributed by atoms with Crippen molar-refractivity contribution in [1.82, 2.24) is 9.88 Å². The number of benzene rings is 1. The highest BCUT2D eigenvalue weighted by Gasteiger charge is 2.45. The zero-order chi connectivity index (χ0) is 20.8. The van der Waals surface area contributed by atoms with Crippen LogP contribution in [0.25, 0.3) is 11.3 Å². The van der Waals surface area contributed by atoms with Crippen molar-refractivity contribution in [3.8, 4) is 11.3 Å². The van der Waals surface area contributed by atoms with Gasteiger partial charge in [0.2, 0.25) is 0 Å². The van der Waals surface area contributed by atoms with E-state index in [1.54, 1.807) is 24.0 Å². The molecule has 1 saturated heterocycles. The Kier molecular flexibility index (Phi) is 4.79. The number of amidine groups is 1.